The van der Waals surface area contributed by atoms with Gasteiger partial charge in [-0.1, -0.05) is 19.1 Å². The maximum absolute atomic E-state index is 3.59. The van der Waals surface area contributed by atoms with E-state index in [-0.39, 0.29) is 0 Å². The summed E-state index contributed by atoms with van der Waals surface area (Å²) in [6, 6.07) is 7.76. The number of benzene rings is 1. The average Bonchev–Trinajstić information content (AvgIpc) is 3.30. The fourth-order valence-corrected chi connectivity index (χ4v) is 3.04. The number of anilines is 1. The van der Waals surface area contributed by atoms with Crippen molar-refractivity contribution >= 4 is 5.69 Å². The lowest BCUT2D eigenvalue weighted by atomic mass is 10.1. The molecule has 0 atom stereocenters. The maximum atomic E-state index is 3.59. The van der Waals surface area contributed by atoms with E-state index in [1.54, 1.807) is 0 Å². The van der Waals surface area contributed by atoms with Gasteiger partial charge in [-0.2, -0.15) is 0 Å². The van der Waals surface area contributed by atoms with Crippen LogP contribution in [0.25, 0.3) is 0 Å². The van der Waals surface area contributed by atoms with Gasteiger partial charge >= 0.3 is 0 Å². The van der Waals surface area contributed by atoms with Crippen LogP contribution in [0, 0.1) is 6.92 Å². The van der Waals surface area contributed by atoms with Crippen LogP contribution in [0.5, 0.6) is 0 Å². The molecule has 1 aliphatic heterocycles. The Morgan fingerprint density at radius 1 is 1.15 bits per heavy atom. The number of aryl methyl sites for hydroxylation is 1. The normalized spacial score (nSPS) is 20.4. The molecule has 0 unspecified atom stereocenters. The molecule has 20 heavy (non-hydrogen) atoms. The summed E-state index contributed by atoms with van der Waals surface area (Å²) in [5.74, 6) is 0. The van der Waals surface area contributed by atoms with E-state index in [9.17, 15) is 0 Å². The molecular formula is C17H27N3. The Balaban J connectivity index is 1.61. The molecule has 0 spiro atoms. The van der Waals surface area contributed by atoms with Crippen LogP contribution in [0.1, 0.15) is 30.9 Å². The second-order valence-electron chi connectivity index (χ2n) is 6.20. The predicted octanol–water partition coefficient (Wildman–Crippen LogP) is 2.39. The standard InChI is InChI=1S/C17H27N3/c1-3-19-8-10-20(11-9-19)17-7-4-15(12-14(17)2)13-18-16-5-6-16/h4,7,12,16,18H,3,5-6,8-11,13H2,1-2H3. The lowest BCUT2D eigenvalue weighted by molar-refractivity contribution is 0.271. The van der Waals surface area contributed by atoms with Gasteiger partial charge in [-0.15, -0.1) is 0 Å². The Morgan fingerprint density at radius 3 is 2.50 bits per heavy atom. The highest BCUT2D eigenvalue weighted by atomic mass is 15.3. The Labute approximate surface area is 123 Å². The van der Waals surface area contributed by atoms with Crippen molar-refractivity contribution in [2.24, 2.45) is 0 Å². The van der Waals surface area contributed by atoms with E-state index in [2.05, 4.69) is 47.2 Å². The SMILES string of the molecule is CCN1CCN(c2ccc(CNC3CC3)cc2C)CC1. The molecule has 110 valence electrons. The third kappa shape index (κ3) is 3.33. The van der Waals surface area contributed by atoms with E-state index in [1.807, 2.05) is 0 Å². The number of hydrogen-bond donors (Lipinski definition) is 1. The summed E-state index contributed by atoms with van der Waals surface area (Å²) in [6.45, 7) is 11.4. The zero-order valence-electron chi connectivity index (χ0n) is 12.9. The average molecular weight is 273 g/mol. The molecule has 1 N–H and O–H groups in total. The number of hydrogen-bond acceptors (Lipinski definition) is 3. The van der Waals surface area contributed by atoms with Crippen molar-refractivity contribution in [3.8, 4) is 0 Å². The minimum atomic E-state index is 0.789. The van der Waals surface area contributed by atoms with E-state index in [0.717, 1.165) is 25.7 Å². The molecule has 1 aromatic carbocycles. The summed E-state index contributed by atoms with van der Waals surface area (Å²) < 4.78 is 0. The fourth-order valence-electron chi connectivity index (χ4n) is 3.04. The first kappa shape index (κ1) is 13.9. The van der Waals surface area contributed by atoms with Crippen LogP contribution in [0.3, 0.4) is 0 Å². The molecule has 1 saturated carbocycles. The maximum Gasteiger partial charge on any atom is 0.0397 e. The summed E-state index contributed by atoms with van der Waals surface area (Å²) in [5, 5.41) is 3.59. The molecule has 3 rings (SSSR count). The zero-order chi connectivity index (χ0) is 13.9. The van der Waals surface area contributed by atoms with Crippen LogP contribution in [0.4, 0.5) is 5.69 Å². The number of nitrogens with zero attached hydrogens (tertiary/aromatic N) is 2. The third-order valence-corrected chi connectivity index (χ3v) is 4.59. The topological polar surface area (TPSA) is 18.5 Å². The molecule has 0 aromatic heterocycles. The highest BCUT2D eigenvalue weighted by molar-refractivity contribution is 5.54. The van der Waals surface area contributed by atoms with Crippen molar-refractivity contribution in [3.05, 3.63) is 29.3 Å². The molecule has 3 nitrogen and oxygen atoms in total. The van der Waals surface area contributed by atoms with E-state index in [1.165, 1.54) is 49.3 Å². The van der Waals surface area contributed by atoms with Crippen LogP contribution in [-0.2, 0) is 6.54 Å². The molecule has 3 heteroatoms. The van der Waals surface area contributed by atoms with Crippen molar-refractivity contribution in [1.29, 1.82) is 0 Å². The second-order valence-corrected chi connectivity index (χ2v) is 6.20. The van der Waals surface area contributed by atoms with Crippen molar-refractivity contribution in [1.82, 2.24) is 10.2 Å². The van der Waals surface area contributed by atoms with E-state index in [0.29, 0.717) is 0 Å². The Kier molecular flexibility index (Phi) is 4.27. The van der Waals surface area contributed by atoms with Gasteiger partial charge < -0.3 is 15.1 Å². The molecule has 1 saturated heterocycles. The first-order valence-corrected chi connectivity index (χ1v) is 8.06. The lowest BCUT2D eigenvalue weighted by Crippen LogP contribution is -2.46. The number of nitrogens with one attached hydrogen (secondary N) is 1. The molecule has 1 aromatic rings. The van der Waals surface area contributed by atoms with Crippen LogP contribution in [0.15, 0.2) is 18.2 Å². The predicted molar refractivity (Wildman–Crippen MR) is 85.4 cm³/mol. The molecule has 0 bridgehead atoms. The molecule has 2 aliphatic rings. The summed E-state index contributed by atoms with van der Waals surface area (Å²) in [6.07, 6.45) is 2.72. The highest BCUT2D eigenvalue weighted by Crippen LogP contribution is 2.24. The summed E-state index contributed by atoms with van der Waals surface area (Å²) >= 11 is 0. The fraction of sp³-hybridized carbons (Fsp3) is 0.647. The van der Waals surface area contributed by atoms with Crippen LogP contribution in [0.2, 0.25) is 0 Å². The third-order valence-electron chi connectivity index (χ3n) is 4.59. The van der Waals surface area contributed by atoms with Gasteiger partial charge in [-0.05, 0) is 43.5 Å². The molecule has 2 fully saturated rings. The summed E-state index contributed by atoms with van der Waals surface area (Å²) in [4.78, 5) is 5.07. The molecule has 0 amide bonds. The van der Waals surface area contributed by atoms with E-state index >= 15 is 0 Å². The van der Waals surface area contributed by atoms with Gasteiger partial charge in [0, 0.05) is 44.5 Å². The van der Waals surface area contributed by atoms with Crippen molar-refractivity contribution in [2.75, 3.05) is 37.6 Å². The molecule has 1 aliphatic carbocycles. The van der Waals surface area contributed by atoms with Crippen molar-refractivity contribution in [3.63, 3.8) is 0 Å². The Bertz CT molecular complexity index is 446. The molecule has 0 radical (unpaired) electrons. The minimum Gasteiger partial charge on any atom is -0.369 e. The summed E-state index contributed by atoms with van der Waals surface area (Å²) in [7, 11) is 0. The Hall–Kier alpha value is -1.06. The van der Waals surface area contributed by atoms with Crippen LogP contribution in [-0.4, -0.2) is 43.7 Å². The first-order valence-electron chi connectivity index (χ1n) is 8.06. The Morgan fingerprint density at radius 2 is 1.90 bits per heavy atom. The lowest BCUT2D eigenvalue weighted by Gasteiger charge is -2.36. The second kappa shape index (κ2) is 6.15. The van der Waals surface area contributed by atoms with Gasteiger partial charge in [-0.25, -0.2) is 0 Å². The molecule has 1 heterocycles. The number of piperazine rings is 1. The monoisotopic (exact) mass is 273 g/mol. The van der Waals surface area contributed by atoms with Gasteiger partial charge in [0.1, 0.15) is 0 Å². The molecular weight excluding hydrogens is 246 g/mol. The van der Waals surface area contributed by atoms with Crippen LogP contribution >= 0.6 is 0 Å². The van der Waals surface area contributed by atoms with Gasteiger partial charge in [0.05, 0.1) is 0 Å². The van der Waals surface area contributed by atoms with E-state index < -0.39 is 0 Å². The highest BCUT2D eigenvalue weighted by Gasteiger charge is 2.20. The van der Waals surface area contributed by atoms with Gasteiger partial charge in [0.25, 0.3) is 0 Å². The first-order chi connectivity index (χ1) is 9.76. The van der Waals surface area contributed by atoms with Gasteiger partial charge in [-0.3, -0.25) is 0 Å². The van der Waals surface area contributed by atoms with Crippen molar-refractivity contribution in [2.45, 2.75) is 39.3 Å². The van der Waals surface area contributed by atoms with Gasteiger partial charge in [0.15, 0.2) is 0 Å². The van der Waals surface area contributed by atoms with Gasteiger partial charge in [0.2, 0.25) is 0 Å². The van der Waals surface area contributed by atoms with E-state index in [4.69, 9.17) is 0 Å². The number of likely N-dealkylation sites (N-methyl/N-ethyl adjacent to an activating group) is 1. The number of rotatable bonds is 5. The quantitative estimate of drug-likeness (QED) is 0.888. The summed E-state index contributed by atoms with van der Waals surface area (Å²) in [5.41, 5.74) is 4.27. The largest absolute Gasteiger partial charge is 0.369 e. The zero-order valence-corrected chi connectivity index (χ0v) is 12.9. The van der Waals surface area contributed by atoms with Crippen molar-refractivity contribution < 1.29 is 0 Å². The minimum absolute atomic E-state index is 0.789. The smallest absolute Gasteiger partial charge is 0.0397 e. The van der Waals surface area contributed by atoms with Crippen LogP contribution < -0.4 is 10.2 Å².